The van der Waals surface area contributed by atoms with Crippen molar-refractivity contribution in [2.24, 2.45) is 5.10 Å². The Hall–Kier alpha value is -2.11. The zero-order chi connectivity index (χ0) is 15.9. The molecule has 1 amide bonds. The van der Waals surface area contributed by atoms with Gasteiger partial charge in [-0.2, -0.15) is 5.10 Å². The quantitative estimate of drug-likeness (QED) is 0.672. The highest BCUT2D eigenvalue weighted by molar-refractivity contribution is 6.35. The molecule has 1 heterocycles. The third-order valence-electron chi connectivity index (χ3n) is 2.63. The van der Waals surface area contributed by atoms with Crippen molar-refractivity contribution in [2.45, 2.75) is 13.0 Å². The summed E-state index contributed by atoms with van der Waals surface area (Å²) in [6.07, 6.45) is 2.32. The zero-order valence-electron chi connectivity index (χ0n) is 11.7. The Morgan fingerprint density at radius 3 is 2.86 bits per heavy atom. The van der Waals surface area contributed by atoms with Gasteiger partial charge < -0.3 is 4.74 Å². The van der Waals surface area contributed by atoms with Crippen molar-refractivity contribution in [1.29, 1.82) is 0 Å². The van der Waals surface area contributed by atoms with Gasteiger partial charge in [-0.3, -0.25) is 9.78 Å². The number of hydrogen-bond donors (Lipinski definition) is 1. The number of carbonyl (C=O) groups excluding carboxylic acids is 1. The van der Waals surface area contributed by atoms with Gasteiger partial charge in [-0.25, -0.2) is 5.43 Å². The largest absolute Gasteiger partial charge is 0.479 e. The van der Waals surface area contributed by atoms with Gasteiger partial charge in [0.15, 0.2) is 6.10 Å². The van der Waals surface area contributed by atoms with E-state index in [1.807, 2.05) is 6.07 Å². The molecule has 22 heavy (non-hydrogen) atoms. The first-order valence-corrected chi connectivity index (χ1v) is 7.17. The van der Waals surface area contributed by atoms with Gasteiger partial charge in [0, 0.05) is 11.2 Å². The van der Waals surface area contributed by atoms with Gasteiger partial charge in [-0.05, 0) is 37.3 Å². The summed E-state index contributed by atoms with van der Waals surface area (Å²) in [5.74, 6) is -0.0272. The standard InChI is InChI=1S/C15H13Cl2N3O2/c1-10(22-14-6-5-11(16)8-13(14)17)15(21)20-19-9-12-4-2-3-7-18-12/h2-10H,1H3,(H,20,21)/b19-9+. The summed E-state index contributed by atoms with van der Waals surface area (Å²) in [6, 6.07) is 10.2. The van der Waals surface area contributed by atoms with Crippen LogP contribution >= 0.6 is 23.2 Å². The van der Waals surface area contributed by atoms with E-state index in [0.717, 1.165) is 0 Å². The van der Waals surface area contributed by atoms with E-state index in [0.29, 0.717) is 21.5 Å². The Kier molecular flexibility index (Phi) is 5.75. The number of ether oxygens (including phenoxy) is 1. The number of hydrogen-bond acceptors (Lipinski definition) is 4. The highest BCUT2D eigenvalue weighted by atomic mass is 35.5. The van der Waals surface area contributed by atoms with Crippen LogP contribution in [0.4, 0.5) is 0 Å². The van der Waals surface area contributed by atoms with E-state index in [-0.39, 0.29) is 0 Å². The zero-order valence-corrected chi connectivity index (χ0v) is 13.2. The molecule has 0 saturated heterocycles. The van der Waals surface area contributed by atoms with E-state index in [1.54, 1.807) is 43.5 Å². The van der Waals surface area contributed by atoms with Crippen molar-refractivity contribution in [3.8, 4) is 5.75 Å². The summed E-state index contributed by atoms with van der Waals surface area (Å²) >= 11 is 11.8. The number of rotatable bonds is 5. The van der Waals surface area contributed by atoms with E-state index >= 15 is 0 Å². The number of halogens is 2. The second kappa shape index (κ2) is 7.77. The molecule has 1 aromatic carbocycles. The predicted molar refractivity (Wildman–Crippen MR) is 86.5 cm³/mol. The van der Waals surface area contributed by atoms with Crippen LogP contribution in [-0.4, -0.2) is 23.2 Å². The lowest BCUT2D eigenvalue weighted by atomic mass is 10.3. The fourth-order valence-corrected chi connectivity index (χ4v) is 1.97. The van der Waals surface area contributed by atoms with Crippen molar-refractivity contribution < 1.29 is 9.53 Å². The van der Waals surface area contributed by atoms with Crippen molar-refractivity contribution in [2.75, 3.05) is 0 Å². The summed E-state index contributed by atoms with van der Waals surface area (Å²) < 4.78 is 5.47. The van der Waals surface area contributed by atoms with Crippen LogP contribution in [0.2, 0.25) is 10.0 Å². The number of nitrogens with zero attached hydrogens (tertiary/aromatic N) is 2. The predicted octanol–water partition coefficient (Wildman–Crippen LogP) is 3.31. The molecule has 0 saturated carbocycles. The maximum atomic E-state index is 11.9. The summed E-state index contributed by atoms with van der Waals surface area (Å²) in [6.45, 7) is 1.59. The number of hydrazone groups is 1. The Morgan fingerprint density at radius 2 is 2.18 bits per heavy atom. The minimum Gasteiger partial charge on any atom is -0.479 e. The van der Waals surface area contributed by atoms with Crippen LogP contribution < -0.4 is 10.2 Å². The lowest BCUT2D eigenvalue weighted by Crippen LogP contribution is -2.33. The SMILES string of the molecule is CC(Oc1ccc(Cl)cc1Cl)C(=O)N/N=C/c1ccccn1. The molecule has 0 fully saturated rings. The molecule has 1 unspecified atom stereocenters. The van der Waals surface area contributed by atoms with Gasteiger partial charge in [0.1, 0.15) is 5.75 Å². The van der Waals surface area contributed by atoms with E-state index in [4.69, 9.17) is 27.9 Å². The van der Waals surface area contributed by atoms with Crippen molar-refractivity contribution in [3.05, 3.63) is 58.3 Å². The lowest BCUT2D eigenvalue weighted by Gasteiger charge is -2.14. The van der Waals surface area contributed by atoms with Crippen molar-refractivity contribution >= 4 is 35.3 Å². The third kappa shape index (κ3) is 4.72. The first-order chi connectivity index (χ1) is 10.6. The van der Waals surface area contributed by atoms with Crippen LogP contribution in [0.15, 0.2) is 47.7 Å². The average molecular weight is 338 g/mol. The topological polar surface area (TPSA) is 63.6 Å². The van der Waals surface area contributed by atoms with E-state index in [9.17, 15) is 4.79 Å². The van der Waals surface area contributed by atoms with Crippen LogP contribution in [0.3, 0.4) is 0 Å². The summed E-state index contributed by atoms with van der Waals surface area (Å²) in [5, 5.41) is 4.65. The summed E-state index contributed by atoms with van der Waals surface area (Å²) in [7, 11) is 0. The van der Waals surface area contributed by atoms with Crippen LogP contribution in [0.5, 0.6) is 5.75 Å². The lowest BCUT2D eigenvalue weighted by molar-refractivity contribution is -0.127. The number of aromatic nitrogens is 1. The summed E-state index contributed by atoms with van der Waals surface area (Å²) in [5.41, 5.74) is 3.01. The van der Waals surface area contributed by atoms with E-state index in [1.165, 1.54) is 6.21 Å². The highest BCUT2D eigenvalue weighted by Gasteiger charge is 2.15. The Bertz CT molecular complexity index is 678. The number of pyridine rings is 1. The van der Waals surface area contributed by atoms with Gasteiger partial charge in [-0.1, -0.05) is 29.3 Å². The maximum absolute atomic E-state index is 11.9. The van der Waals surface area contributed by atoms with Gasteiger partial charge in [0.25, 0.3) is 5.91 Å². The van der Waals surface area contributed by atoms with E-state index in [2.05, 4.69) is 15.5 Å². The van der Waals surface area contributed by atoms with Gasteiger partial charge in [0.2, 0.25) is 0 Å². The molecule has 2 rings (SSSR count). The molecule has 0 aliphatic rings. The highest BCUT2D eigenvalue weighted by Crippen LogP contribution is 2.28. The fraction of sp³-hybridized carbons (Fsp3) is 0.133. The Labute approximate surface area is 137 Å². The van der Waals surface area contributed by atoms with Crippen LogP contribution in [-0.2, 0) is 4.79 Å². The first kappa shape index (κ1) is 16.3. The van der Waals surface area contributed by atoms with Crippen LogP contribution in [0.25, 0.3) is 0 Å². The first-order valence-electron chi connectivity index (χ1n) is 6.42. The van der Waals surface area contributed by atoms with Crippen molar-refractivity contribution in [1.82, 2.24) is 10.4 Å². The molecule has 1 aromatic heterocycles. The number of carbonyl (C=O) groups is 1. The molecule has 114 valence electrons. The number of benzene rings is 1. The molecule has 0 aliphatic carbocycles. The second-order valence-electron chi connectivity index (χ2n) is 4.32. The molecule has 0 radical (unpaired) electrons. The monoisotopic (exact) mass is 337 g/mol. The minimum absolute atomic E-state index is 0.337. The molecule has 0 bridgehead atoms. The fourth-order valence-electron chi connectivity index (χ4n) is 1.52. The van der Waals surface area contributed by atoms with Gasteiger partial charge >= 0.3 is 0 Å². The molecule has 7 heteroatoms. The molecule has 1 N–H and O–H groups in total. The molecule has 1 atom stereocenters. The molecule has 0 spiro atoms. The summed E-state index contributed by atoms with van der Waals surface area (Å²) in [4.78, 5) is 15.9. The van der Waals surface area contributed by atoms with Crippen LogP contribution in [0.1, 0.15) is 12.6 Å². The average Bonchev–Trinajstić information content (AvgIpc) is 2.51. The molecule has 2 aromatic rings. The van der Waals surface area contributed by atoms with Crippen molar-refractivity contribution in [3.63, 3.8) is 0 Å². The third-order valence-corrected chi connectivity index (χ3v) is 3.16. The van der Waals surface area contributed by atoms with Gasteiger partial charge in [0.05, 0.1) is 16.9 Å². The Morgan fingerprint density at radius 1 is 1.36 bits per heavy atom. The van der Waals surface area contributed by atoms with Crippen LogP contribution in [0, 0.1) is 0 Å². The number of nitrogens with one attached hydrogen (secondary N) is 1. The van der Waals surface area contributed by atoms with Gasteiger partial charge in [-0.15, -0.1) is 0 Å². The second-order valence-corrected chi connectivity index (χ2v) is 5.17. The van der Waals surface area contributed by atoms with E-state index < -0.39 is 12.0 Å². The molecule has 0 aliphatic heterocycles. The smallest absolute Gasteiger partial charge is 0.280 e. The molecular formula is C15H13Cl2N3O2. The minimum atomic E-state index is -0.764. The number of amides is 1. The molecular weight excluding hydrogens is 325 g/mol. The maximum Gasteiger partial charge on any atom is 0.280 e. The normalized spacial score (nSPS) is 12.1. The Balaban J connectivity index is 1.91. The molecule has 5 nitrogen and oxygen atoms in total.